The Bertz CT molecular complexity index is 1060. The molecule has 4 atom stereocenters. The second-order valence-corrected chi connectivity index (χ2v) is 8.71. The number of methoxy groups -OCH3 is 1. The highest BCUT2D eigenvalue weighted by Crippen LogP contribution is 2.76. The molecule has 166 valence electrons. The summed E-state index contributed by atoms with van der Waals surface area (Å²) in [5, 5.41) is 11.5. The Morgan fingerprint density at radius 1 is 0.938 bits per heavy atom. The zero-order valence-electron chi connectivity index (χ0n) is 18.7. The SMILES string of the molecule is CCCCOc1ccccc1[C@@]12O[C@]1(c1ccc(OC)cc1)[C@H](c1ccccc1)C[C@@H]2O. The Hall–Kier alpha value is -2.82. The van der Waals surface area contributed by atoms with E-state index in [0.29, 0.717) is 13.0 Å². The lowest BCUT2D eigenvalue weighted by Gasteiger charge is -2.23. The van der Waals surface area contributed by atoms with E-state index >= 15 is 0 Å². The highest BCUT2D eigenvalue weighted by Gasteiger charge is 2.82. The first kappa shape index (κ1) is 21.0. The first-order chi connectivity index (χ1) is 15.7. The Balaban J connectivity index is 1.64. The van der Waals surface area contributed by atoms with Crippen LogP contribution < -0.4 is 9.47 Å². The van der Waals surface area contributed by atoms with Crippen LogP contribution in [-0.2, 0) is 15.9 Å². The fourth-order valence-corrected chi connectivity index (χ4v) is 5.46. The third-order valence-corrected chi connectivity index (χ3v) is 7.01. The van der Waals surface area contributed by atoms with E-state index in [-0.39, 0.29) is 5.92 Å². The molecule has 2 aliphatic rings. The lowest BCUT2D eigenvalue weighted by Crippen LogP contribution is -2.28. The van der Waals surface area contributed by atoms with E-state index in [9.17, 15) is 5.11 Å². The van der Waals surface area contributed by atoms with Gasteiger partial charge in [-0.2, -0.15) is 0 Å². The first-order valence-corrected chi connectivity index (χ1v) is 11.5. The van der Waals surface area contributed by atoms with Crippen LogP contribution >= 0.6 is 0 Å². The number of epoxide rings is 1. The molecule has 32 heavy (non-hydrogen) atoms. The number of aliphatic hydroxyl groups excluding tert-OH is 1. The molecule has 1 saturated heterocycles. The van der Waals surface area contributed by atoms with Crippen molar-refractivity contribution in [3.8, 4) is 11.5 Å². The fourth-order valence-electron chi connectivity index (χ4n) is 5.46. The van der Waals surface area contributed by atoms with E-state index in [1.807, 2.05) is 54.6 Å². The Kier molecular flexibility index (Phi) is 5.44. The highest BCUT2D eigenvalue weighted by molar-refractivity contribution is 5.55. The largest absolute Gasteiger partial charge is 0.497 e. The molecule has 3 aromatic carbocycles. The van der Waals surface area contributed by atoms with Gasteiger partial charge in [0.2, 0.25) is 0 Å². The van der Waals surface area contributed by atoms with Gasteiger partial charge in [-0.1, -0.05) is 74.0 Å². The maximum atomic E-state index is 11.5. The average molecular weight is 431 g/mol. The van der Waals surface area contributed by atoms with Crippen LogP contribution in [0, 0.1) is 0 Å². The van der Waals surface area contributed by atoms with Gasteiger partial charge in [0.15, 0.2) is 5.60 Å². The first-order valence-electron chi connectivity index (χ1n) is 11.5. The number of aliphatic hydroxyl groups is 1. The minimum absolute atomic E-state index is 0.0239. The van der Waals surface area contributed by atoms with Crippen molar-refractivity contribution >= 4 is 0 Å². The van der Waals surface area contributed by atoms with Crippen molar-refractivity contribution in [2.45, 2.75) is 49.4 Å². The van der Waals surface area contributed by atoms with Gasteiger partial charge < -0.3 is 19.3 Å². The number of unbranched alkanes of at least 4 members (excludes halogenated alkanes) is 1. The maximum absolute atomic E-state index is 11.5. The van der Waals surface area contributed by atoms with E-state index in [1.165, 1.54) is 5.56 Å². The van der Waals surface area contributed by atoms with Crippen molar-refractivity contribution in [3.63, 3.8) is 0 Å². The van der Waals surface area contributed by atoms with Gasteiger partial charge >= 0.3 is 0 Å². The summed E-state index contributed by atoms with van der Waals surface area (Å²) in [6, 6.07) is 26.5. The van der Waals surface area contributed by atoms with Crippen molar-refractivity contribution in [1.29, 1.82) is 0 Å². The second kappa shape index (κ2) is 8.27. The number of benzene rings is 3. The molecule has 0 unspecified atom stereocenters. The minimum atomic E-state index is -0.842. The minimum Gasteiger partial charge on any atom is -0.497 e. The number of para-hydroxylation sites is 1. The van der Waals surface area contributed by atoms with E-state index in [1.54, 1.807) is 7.11 Å². The molecule has 4 nitrogen and oxygen atoms in total. The number of hydrogen-bond donors (Lipinski definition) is 1. The summed E-state index contributed by atoms with van der Waals surface area (Å²) < 4.78 is 18.3. The van der Waals surface area contributed by atoms with Gasteiger partial charge in [-0.15, -0.1) is 0 Å². The van der Waals surface area contributed by atoms with Crippen LogP contribution in [0.4, 0.5) is 0 Å². The zero-order valence-corrected chi connectivity index (χ0v) is 18.7. The lowest BCUT2D eigenvalue weighted by molar-refractivity contribution is 0.0522. The predicted molar refractivity (Wildman–Crippen MR) is 124 cm³/mol. The van der Waals surface area contributed by atoms with Crippen LogP contribution in [0.5, 0.6) is 11.5 Å². The topological polar surface area (TPSA) is 51.2 Å². The number of ether oxygens (including phenoxy) is 3. The molecule has 4 heteroatoms. The van der Waals surface area contributed by atoms with E-state index in [4.69, 9.17) is 14.2 Å². The monoisotopic (exact) mass is 430 g/mol. The number of fused-ring (bicyclic) bond motifs is 1. The fraction of sp³-hybridized carbons (Fsp3) is 0.357. The molecule has 0 radical (unpaired) electrons. The number of rotatable bonds is 8. The van der Waals surface area contributed by atoms with Gasteiger partial charge in [-0.25, -0.2) is 0 Å². The Morgan fingerprint density at radius 3 is 2.38 bits per heavy atom. The quantitative estimate of drug-likeness (QED) is 0.376. The van der Waals surface area contributed by atoms with Gasteiger partial charge in [0.25, 0.3) is 0 Å². The summed E-state index contributed by atoms with van der Waals surface area (Å²) in [6.45, 7) is 2.80. The van der Waals surface area contributed by atoms with Gasteiger partial charge in [0.05, 0.1) is 19.8 Å². The summed E-state index contributed by atoms with van der Waals surface area (Å²) >= 11 is 0. The third-order valence-electron chi connectivity index (χ3n) is 7.01. The second-order valence-electron chi connectivity index (χ2n) is 8.71. The summed E-state index contributed by atoms with van der Waals surface area (Å²) in [4.78, 5) is 0. The van der Waals surface area contributed by atoms with Crippen LogP contribution in [0.15, 0.2) is 78.9 Å². The van der Waals surface area contributed by atoms with Crippen LogP contribution in [0.3, 0.4) is 0 Å². The lowest BCUT2D eigenvalue weighted by atomic mass is 9.77. The van der Waals surface area contributed by atoms with E-state index in [2.05, 4.69) is 31.2 Å². The summed E-state index contributed by atoms with van der Waals surface area (Å²) in [5.74, 6) is 1.62. The summed E-state index contributed by atoms with van der Waals surface area (Å²) in [7, 11) is 1.67. The smallest absolute Gasteiger partial charge is 0.157 e. The molecule has 0 bridgehead atoms. The van der Waals surface area contributed by atoms with Gasteiger partial charge in [0, 0.05) is 11.5 Å². The molecule has 0 spiro atoms. The summed E-state index contributed by atoms with van der Waals surface area (Å²) in [6.07, 6.45) is 2.03. The zero-order chi connectivity index (χ0) is 22.2. The Morgan fingerprint density at radius 2 is 1.66 bits per heavy atom. The van der Waals surface area contributed by atoms with Crippen molar-refractivity contribution in [1.82, 2.24) is 0 Å². The molecule has 2 fully saturated rings. The normalized spacial score (nSPS) is 28.2. The molecule has 1 N–H and O–H groups in total. The highest BCUT2D eigenvalue weighted by atomic mass is 16.6. The van der Waals surface area contributed by atoms with Gasteiger partial charge in [-0.05, 0) is 42.2 Å². The van der Waals surface area contributed by atoms with Crippen LogP contribution in [0.1, 0.15) is 48.8 Å². The van der Waals surface area contributed by atoms with Crippen LogP contribution in [-0.4, -0.2) is 24.9 Å². The maximum Gasteiger partial charge on any atom is 0.157 e. The van der Waals surface area contributed by atoms with Crippen LogP contribution in [0.25, 0.3) is 0 Å². The van der Waals surface area contributed by atoms with Gasteiger partial charge in [-0.3, -0.25) is 0 Å². The van der Waals surface area contributed by atoms with Crippen molar-refractivity contribution in [3.05, 3.63) is 95.6 Å². The molecule has 0 aromatic heterocycles. The molecule has 0 amide bonds. The molecule has 5 rings (SSSR count). The average Bonchev–Trinajstić information content (AvgIpc) is 3.49. The van der Waals surface area contributed by atoms with Crippen molar-refractivity contribution < 1.29 is 19.3 Å². The molecule has 1 aliphatic heterocycles. The van der Waals surface area contributed by atoms with Crippen LogP contribution in [0.2, 0.25) is 0 Å². The Labute approximate surface area is 189 Å². The molecule has 1 aliphatic carbocycles. The van der Waals surface area contributed by atoms with Gasteiger partial charge in [0.1, 0.15) is 17.1 Å². The van der Waals surface area contributed by atoms with E-state index < -0.39 is 17.3 Å². The predicted octanol–water partition coefficient (Wildman–Crippen LogP) is 5.54. The van der Waals surface area contributed by atoms with E-state index in [0.717, 1.165) is 35.5 Å². The molecular formula is C28H30O4. The number of hydrogen-bond acceptors (Lipinski definition) is 4. The molecule has 1 saturated carbocycles. The van der Waals surface area contributed by atoms with Crippen molar-refractivity contribution in [2.75, 3.05) is 13.7 Å². The summed E-state index contributed by atoms with van der Waals surface area (Å²) in [5.41, 5.74) is 1.64. The molecular weight excluding hydrogens is 400 g/mol. The van der Waals surface area contributed by atoms with Crippen molar-refractivity contribution in [2.24, 2.45) is 0 Å². The third kappa shape index (κ3) is 3.05. The standard InChI is InChI=1S/C28H30O4/c1-3-4-18-31-25-13-9-8-12-23(25)28-26(29)19-24(20-10-6-5-7-11-20)27(28,32-28)21-14-16-22(30-2)17-15-21/h5-17,24,26,29H,3-4,18-19H2,1-2H3/t24-,26-,27+,28-/m0/s1. The molecule has 3 aromatic rings. The molecule has 1 heterocycles.